The highest BCUT2D eigenvalue weighted by Crippen LogP contribution is 2.28. The van der Waals surface area contributed by atoms with Crippen LogP contribution in [0.3, 0.4) is 0 Å². The van der Waals surface area contributed by atoms with Crippen LogP contribution < -0.4 is 0 Å². The van der Waals surface area contributed by atoms with Crippen LogP contribution in [-0.4, -0.2) is 41.4 Å². The third kappa shape index (κ3) is 3.65. The summed E-state index contributed by atoms with van der Waals surface area (Å²) in [5.74, 6) is 0.877. The average molecular weight is 286 g/mol. The maximum Gasteiger partial charge on any atom is 0.237 e. The highest BCUT2D eigenvalue weighted by atomic mass is 16.2. The molecule has 1 saturated carbocycles. The first-order valence-corrected chi connectivity index (χ1v) is 8.22. The molecule has 0 unspecified atom stereocenters. The molecule has 114 valence electrons. The van der Waals surface area contributed by atoms with Crippen LogP contribution in [0.25, 0.3) is 0 Å². The van der Waals surface area contributed by atoms with E-state index in [9.17, 15) is 4.79 Å². The molecular formula is C18H26N2O. The lowest BCUT2D eigenvalue weighted by molar-refractivity contribution is -0.133. The van der Waals surface area contributed by atoms with E-state index in [0.717, 1.165) is 26.1 Å². The lowest BCUT2D eigenvalue weighted by Gasteiger charge is -2.31. The molecule has 2 aliphatic rings. The molecule has 0 bridgehead atoms. The number of amides is 1. The highest BCUT2D eigenvalue weighted by Gasteiger charge is 2.33. The number of carbonyl (C=O) groups is 1. The maximum absolute atomic E-state index is 12.6. The fourth-order valence-electron chi connectivity index (χ4n) is 3.21. The average Bonchev–Trinajstić information content (AvgIpc) is 3.29. The predicted molar refractivity (Wildman–Crippen MR) is 85.0 cm³/mol. The van der Waals surface area contributed by atoms with Crippen molar-refractivity contribution < 1.29 is 4.79 Å². The predicted octanol–water partition coefficient (Wildman–Crippen LogP) is 2.69. The van der Waals surface area contributed by atoms with E-state index in [0.29, 0.717) is 24.4 Å². The molecule has 1 heterocycles. The Balaban J connectivity index is 1.60. The van der Waals surface area contributed by atoms with Gasteiger partial charge in [0.05, 0.1) is 6.54 Å². The van der Waals surface area contributed by atoms with Crippen molar-refractivity contribution in [2.45, 2.75) is 45.7 Å². The molecule has 1 aromatic rings. The van der Waals surface area contributed by atoms with Gasteiger partial charge in [0.1, 0.15) is 0 Å². The second kappa shape index (κ2) is 6.18. The third-order valence-corrected chi connectivity index (χ3v) is 4.44. The Morgan fingerprint density at radius 1 is 1.29 bits per heavy atom. The second-order valence-electron chi connectivity index (χ2n) is 6.90. The normalized spacial score (nSPS) is 18.6. The van der Waals surface area contributed by atoms with Crippen molar-refractivity contribution in [2.24, 2.45) is 5.92 Å². The minimum Gasteiger partial charge on any atom is -0.338 e. The number of hydrogen-bond acceptors (Lipinski definition) is 2. The minimum absolute atomic E-state index is 0.325. The number of rotatable bonds is 5. The number of carbonyl (C=O) groups excluding carboxylic acids is 1. The number of benzene rings is 1. The summed E-state index contributed by atoms with van der Waals surface area (Å²) in [4.78, 5) is 17.1. The molecule has 0 spiro atoms. The van der Waals surface area contributed by atoms with Gasteiger partial charge in [-0.15, -0.1) is 0 Å². The smallest absolute Gasteiger partial charge is 0.237 e. The van der Waals surface area contributed by atoms with Crippen molar-refractivity contribution in [1.82, 2.24) is 9.80 Å². The first kappa shape index (κ1) is 14.6. The molecule has 3 heteroatoms. The van der Waals surface area contributed by atoms with Crippen LogP contribution in [0.5, 0.6) is 0 Å². The van der Waals surface area contributed by atoms with Gasteiger partial charge in [-0.1, -0.05) is 38.1 Å². The summed E-state index contributed by atoms with van der Waals surface area (Å²) in [6, 6.07) is 9.14. The van der Waals surface area contributed by atoms with E-state index in [2.05, 4.69) is 47.9 Å². The van der Waals surface area contributed by atoms with E-state index in [1.165, 1.54) is 24.0 Å². The fourth-order valence-corrected chi connectivity index (χ4v) is 3.21. The van der Waals surface area contributed by atoms with Crippen LogP contribution in [0.4, 0.5) is 0 Å². The lowest BCUT2D eigenvalue weighted by atomic mass is 10.00. The standard InChI is InChI=1S/C18H26N2O/c1-14(2)11-20(17-7-8-17)18(21)13-19-10-9-15-5-3-4-6-16(15)12-19/h3-6,14,17H,7-13H2,1-2H3. The van der Waals surface area contributed by atoms with Gasteiger partial charge >= 0.3 is 0 Å². The third-order valence-electron chi connectivity index (χ3n) is 4.44. The molecule has 0 radical (unpaired) electrons. The van der Waals surface area contributed by atoms with Crippen molar-refractivity contribution in [3.8, 4) is 0 Å². The Labute approximate surface area is 127 Å². The molecule has 1 aliphatic heterocycles. The Kier molecular flexibility index (Phi) is 4.29. The highest BCUT2D eigenvalue weighted by molar-refractivity contribution is 5.79. The molecule has 0 N–H and O–H groups in total. The van der Waals surface area contributed by atoms with Crippen LogP contribution in [-0.2, 0) is 17.8 Å². The zero-order valence-electron chi connectivity index (χ0n) is 13.2. The van der Waals surface area contributed by atoms with Gasteiger partial charge in [-0.3, -0.25) is 9.69 Å². The molecule has 0 atom stereocenters. The molecule has 1 aliphatic carbocycles. The molecule has 3 nitrogen and oxygen atoms in total. The van der Waals surface area contributed by atoms with Crippen molar-refractivity contribution in [1.29, 1.82) is 0 Å². The maximum atomic E-state index is 12.6. The lowest BCUT2D eigenvalue weighted by Crippen LogP contribution is -2.44. The monoisotopic (exact) mass is 286 g/mol. The van der Waals surface area contributed by atoms with E-state index in [1.807, 2.05) is 0 Å². The van der Waals surface area contributed by atoms with E-state index in [-0.39, 0.29) is 0 Å². The minimum atomic E-state index is 0.325. The van der Waals surface area contributed by atoms with Gasteiger partial charge < -0.3 is 4.90 Å². The summed E-state index contributed by atoms with van der Waals surface area (Å²) in [5, 5.41) is 0. The molecule has 0 saturated heterocycles. The van der Waals surface area contributed by atoms with Gasteiger partial charge in [0.2, 0.25) is 5.91 Å². The molecule has 1 fully saturated rings. The molecule has 1 aromatic carbocycles. The first-order valence-electron chi connectivity index (χ1n) is 8.22. The van der Waals surface area contributed by atoms with Crippen LogP contribution >= 0.6 is 0 Å². The van der Waals surface area contributed by atoms with Crippen LogP contribution in [0, 0.1) is 5.92 Å². The van der Waals surface area contributed by atoms with Crippen molar-refractivity contribution in [3.63, 3.8) is 0 Å². The zero-order valence-corrected chi connectivity index (χ0v) is 13.2. The summed E-state index contributed by atoms with van der Waals surface area (Å²) >= 11 is 0. The van der Waals surface area contributed by atoms with Crippen molar-refractivity contribution in [2.75, 3.05) is 19.6 Å². The van der Waals surface area contributed by atoms with Crippen molar-refractivity contribution >= 4 is 5.91 Å². The fraction of sp³-hybridized carbons (Fsp3) is 0.611. The number of hydrogen-bond donors (Lipinski definition) is 0. The summed E-state index contributed by atoms with van der Waals surface area (Å²) in [7, 11) is 0. The van der Waals surface area contributed by atoms with Gasteiger partial charge in [-0.2, -0.15) is 0 Å². The van der Waals surface area contributed by atoms with Crippen LogP contribution in [0.2, 0.25) is 0 Å². The Bertz CT molecular complexity index is 508. The zero-order chi connectivity index (χ0) is 14.8. The summed E-state index contributed by atoms with van der Waals surface area (Å²) < 4.78 is 0. The summed E-state index contributed by atoms with van der Waals surface area (Å²) in [6.45, 7) is 7.80. The molecule has 0 aromatic heterocycles. The van der Waals surface area contributed by atoms with Gasteiger partial charge in [0.25, 0.3) is 0 Å². The van der Waals surface area contributed by atoms with Gasteiger partial charge in [-0.25, -0.2) is 0 Å². The van der Waals surface area contributed by atoms with E-state index in [4.69, 9.17) is 0 Å². The van der Waals surface area contributed by atoms with E-state index >= 15 is 0 Å². The Morgan fingerprint density at radius 3 is 2.67 bits per heavy atom. The molecule has 3 rings (SSSR count). The van der Waals surface area contributed by atoms with Gasteiger partial charge in [0, 0.05) is 25.7 Å². The number of nitrogens with zero attached hydrogens (tertiary/aromatic N) is 2. The van der Waals surface area contributed by atoms with Crippen LogP contribution in [0.15, 0.2) is 24.3 Å². The van der Waals surface area contributed by atoms with Gasteiger partial charge in [0.15, 0.2) is 0 Å². The molecule has 21 heavy (non-hydrogen) atoms. The largest absolute Gasteiger partial charge is 0.338 e. The summed E-state index contributed by atoms with van der Waals surface area (Å²) in [6.07, 6.45) is 3.46. The van der Waals surface area contributed by atoms with Crippen LogP contribution in [0.1, 0.15) is 37.8 Å². The summed E-state index contributed by atoms with van der Waals surface area (Å²) in [5.41, 5.74) is 2.83. The topological polar surface area (TPSA) is 23.6 Å². The number of fused-ring (bicyclic) bond motifs is 1. The molecule has 1 amide bonds. The SMILES string of the molecule is CC(C)CN(C(=O)CN1CCc2ccccc2C1)C1CC1. The first-order chi connectivity index (χ1) is 10.1. The van der Waals surface area contributed by atoms with Gasteiger partial charge in [-0.05, 0) is 36.3 Å². The second-order valence-corrected chi connectivity index (χ2v) is 6.90. The van der Waals surface area contributed by atoms with E-state index < -0.39 is 0 Å². The van der Waals surface area contributed by atoms with Crippen molar-refractivity contribution in [3.05, 3.63) is 35.4 Å². The Morgan fingerprint density at radius 2 is 2.00 bits per heavy atom. The van der Waals surface area contributed by atoms with E-state index in [1.54, 1.807) is 0 Å². The Hall–Kier alpha value is -1.35. The quantitative estimate of drug-likeness (QED) is 0.831. The molecular weight excluding hydrogens is 260 g/mol.